The van der Waals surface area contributed by atoms with Crippen molar-refractivity contribution in [3.8, 4) is 0 Å². The molecule has 1 amide bonds. The first-order chi connectivity index (χ1) is 11.6. The summed E-state index contributed by atoms with van der Waals surface area (Å²) in [5.41, 5.74) is -0.129. The molecular formula is C15H14N4O3S2. The number of carbonyl (C=O) groups excluding carboxylic acids is 1. The van der Waals surface area contributed by atoms with Gasteiger partial charge in [0.15, 0.2) is 11.0 Å². The molecule has 0 spiro atoms. The Balaban J connectivity index is 1.78. The van der Waals surface area contributed by atoms with E-state index in [4.69, 9.17) is 4.52 Å². The van der Waals surface area contributed by atoms with Crippen LogP contribution in [0, 0.1) is 6.92 Å². The van der Waals surface area contributed by atoms with Crippen molar-refractivity contribution in [3.63, 3.8) is 0 Å². The first-order valence-corrected chi connectivity index (χ1v) is 8.90. The number of hydrogen-bond acceptors (Lipinski definition) is 7. The van der Waals surface area contributed by atoms with Crippen molar-refractivity contribution < 1.29 is 9.32 Å². The van der Waals surface area contributed by atoms with Crippen LogP contribution < -0.4 is 10.9 Å². The summed E-state index contributed by atoms with van der Waals surface area (Å²) in [6.07, 6.45) is 1.63. The molecule has 1 N–H and O–H groups in total. The zero-order chi connectivity index (χ0) is 17.1. The number of nitrogens with one attached hydrogen (secondary N) is 1. The fraction of sp³-hybridized carbons (Fsp3) is 0.200. The molecule has 3 aromatic heterocycles. The second-order valence-corrected chi connectivity index (χ2v) is 6.73. The minimum absolute atomic E-state index is 0.104. The van der Waals surface area contributed by atoms with Gasteiger partial charge in [-0.25, -0.2) is 4.98 Å². The van der Waals surface area contributed by atoms with Crippen LogP contribution in [0.4, 0.5) is 5.82 Å². The summed E-state index contributed by atoms with van der Waals surface area (Å²) in [6, 6.07) is 3.38. The highest BCUT2D eigenvalue weighted by Gasteiger charge is 2.14. The Morgan fingerprint density at radius 3 is 3.12 bits per heavy atom. The standard InChI is InChI=1S/C15H14N4O3S2/c1-3-5-19-14(21)10-4-6-23-13(10)17-15(19)24-8-12(20)16-11-7-9(2)22-18-11/h3-4,6-7H,1,5,8H2,2H3,(H,16,18,20). The molecule has 0 aliphatic heterocycles. The fourth-order valence-electron chi connectivity index (χ4n) is 2.06. The maximum absolute atomic E-state index is 12.5. The SMILES string of the molecule is C=CCn1c(SCC(=O)Nc2cc(C)on2)nc2sccc2c1=O. The van der Waals surface area contributed by atoms with Gasteiger partial charge in [-0.3, -0.25) is 14.2 Å². The van der Waals surface area contributed by atoms with Crippen molar-refractivity contribution >= 4 is 45.0 Å². The number of nitrogens with zero attached hydrogens (tertiary/aromatic N) is 3. The summed E-state index contributed by atoms with van der Waals surface area (Å²) < 4.78 is 6.41. The molecule has 3 rings (SSSR count). The number of amides is 1. The van der Waals surface area contributed by atoms with Gasteiger partial charge in [-0.2, -0.15) is 0 Å². The number of fused-ring (bicyclic) bond motifs is 1. The van der Waals surface area contributed by atoms with Gasteiger partial charge in [-0.05, 0) is 18.4 Å². The minimum atomic E-state index is -0.251. The monoisotopic (exact) mass is 362 g/mol. The maximum Gasteiger partial charge on any atom is 0.263 e. The molecule has 0 saturated heterocycles. The molecule has 9 heteroatoms. The number of rotatable bonds is 6. The molecule has 3 aromatic rings. The molecule has 124 valence electrons. The lowest BCUT2D eigenvalue weighted by Crippen LogP contribution is -2.23. The van der Waals surface area contributed by atoms with Gasteiger partial charge >= 0.3 is 0 Å². The second-order valence-electron chi connectivity index (χ2n) is 4.90. The van der Waals surface area contributed by atoms with Crippen LogP contribution in [0.2, 0.25) is 0 Å². The molecule has 7 nitrogen and oxygen atoms in total. The third-order valence-electron chi connectivity index (χ3n) is 3.09. The molecule has 0 unspecified atom stereocenters. The van der Waals surface area contributed by atoms with Crippen LogP contribution in [0.5, 0.6) is 0 Å². The van der Waals surface area contributed by atoms with E-state index in [0.29, 0.717) is 33.5 Å². The Morgan fingerprint density at radius 2 is 2.42 bits per heavy atom. The summed E-state index contributed by atoms with van der Waals surface area (Å²) in [6.45, 7) is 5.75. The van der Waals surface area contributed by atoms with Gasteiger partial charge in [0, 0.05) is 12.6 Å². The molecule has 0 aromatic carbocycles. The van der Waals surface area contributed by atoms with Crippen LogP contribution in [-0.2, 0) is 11.3 Å². The van der Waals surface area contributed by atoms with Crippen LogP contribution in [0.25, 0.3) is 10.2 Å². The van der Waals surface area contributed by atoms with E-state index in [2.05, 4.69) is 22.0 Å². The molecule has 0 aliphatic carbocycles. The smallest absolute Gasteiger partial charge is 0.263 e. The Labute approximate surface area is 145 Å². The van der Waals surface area contributed by atoms with Crippen molar-refractivity contribution in [1.29, 1.82) is 0 Å². The molecule has 0 aliphatic rings. The highest BCUT2D eigenvalue weighted by molar-refractivity contribution is 7.99. The van der Waals surface area contributed by atoms with E-state index in [0.717, 1.165) is 0 Å². The average molecular weight is 362 g/mol. The van der Waals surface area contributed by atoms with Gasteiger partial charge in [0.2, 0.25) is 5.91 Å². The molecule has 0 radical (unpaired) electrons. The summed E-state index contributed by atoms with van der Waals surface area (Å²) in [5.74, 6) is 0.830. The topological polar surface area (TPSA) is 90.0 Å². The van der Waals surface area contributed by atoms with Crippen LogP contribution in [0.1, 0.15) is 5.76 Å². The summed E-state index contributed by atoms with van der Waals surface area (Å²) >= 11 is 2.59. The molecule has 0 saturated carbocycles. The van der Waals surface area contributed by atoms with Gasteiger partial charge < -0.3 is 9.84 Å². The number of allylic oxidation sites excluding steroid dienone is 1. The Hall–Kier alpha value is -2.39. The molecule has 0 bridgehead atoms. The van der Waals surface area contributed by atoms with E-state index in [1.165, 1.54) is 27.7 Å². The van der Waals surface area contributed by atoms with Gasteiger partial charge in [-0.15, -0.1) is 17.9 Å². The highest BCUT2D eigenvalue weighted by Crippen LogP contribution is 2.21. The largest absolute Gasteiger partial charge is 0.360 e. The lowest BCUT2D eigenvalue weighted by atomic mass is 10.4. The number of thioether (sulfide) groups is 1. The van der Waals surface area contributed by atoms with Crippen LogP contribution >= 0.6 is 23.1 Å². The van der Waals surface area contributed by atoms with E-state index in [1.807, 2.05) is 5.38 Å². The number of aromatic nitrogens is 3. The summed E-state index contributed by atoms with van der Waals surface area (Å²) in [5, 5.41) is 9.23. The van der Waals surface area contributed by atoms with E-state index < -0.39 is 0 Å². The Bertz CT molecular complexity index is 957. The van der Waals surface area contributed by atoms with Crippen molar-refractivity contribution in [3.05, 3.63) is 46.3 Å². The van der Waals surface area contributed by atoms with Gasteiger partial charge in [-0.1, -0.05) is 23.0 Å². The summed E-state index contributed by atoms with van der Waals surface area (Å²) in [4.78, 5) is 29.6. The zero-order valence-electron chi connectivity index (χ0n) is 12.8. The third kappa shape index (κ3) is 3.41. The van der Waals surface area contributed by atoms with Crippen molar-refractivity contribution in [2.75, 3.05) is 11.1 Å². The van der Waals surface area contributed by atoms with Crippen LogP contribution in [0.3, 0.4) is 0 Å². The average Bonchev–Trinajstić information content (AvgIpc) is 3.17. The Morgan fingerprint density at radius 1 is 1.58 bits per heavy atom. The first kappa shape index (κ1) is 16.5. The highest BCUT2D eigenvalue weighted by atomic mass is 32.2. The number of aryl methyl sites for hydroxylation is 1. The van der Waals surface area contributed by atoms with Crippen molar-refractivity contribution in [1.82, 2.24) is 14.7 Å². The quantitative estimate of drug-likeness (QED) is 0.412. The normalized spacial score (nSPS) is 10.9. The fourth-order valence-corrected chi connectivity index (χ4v) is 3.68. The van der Waals surface area contributed by atoms with Gasteiger partial charge in [0.1, 0.15) is 10.6 Å². The number of anilines is 1. The number of carbonyl (C=O) groups is 1. The molecular weight excluding hydrogens is 348 g/mol. The first-order valence-electron chi connectivity index (χ1n) is 7.03. The molecule has 0 atom stereocenters. The number of hydrogen-bond donors (Lipinski definition) is 1. The predicted octanol–water partition coefficient (Wildman–Crippen LogP) is 2.67. The third-order valence-corrected chi connectivity index (χ3v) is 4.87. The number of thiophene rings is 1. The van der Waals surface area contributed by atoms with Crippen molar-refractivity contribution in [2.45, 2.75) is 18.6 Å². The summed E-state index contributed by atoms with van der Waals surface area (Å²) in [7, 11) is 0. The van der Waals surface area contributed by atoms with Gasteiger partial charge in [0.25, 0.3) is 5.56 Å². The predicted molar refractivity (Wildman–Crippen MR) is 94.7 cm³/mol. The minimum Gasteiger partial charge on any atom is -0.360 e. The van der Waals surface area contributed by atoms with E-state index in [9.17, 15) is 9.59 Å². The van der Waals surface area contributed by atoms with E-state index >= 15 is 0 Å². The van der Waals surface area contributed by atoms with E-state index in [1.54, 1.807) is 25.1 Å². The van der Waals surface area contributed by atoms with E-state index in [-0.39, 0.29) is 17.2 Å². The zero-order valence-corrected chi connectivity index (χ0v) is 14.4. The molecule has 24 heavy (non-hydrogen) atoms. The van der Waals surface area contributed by atoms with Crippen LogP contribution in [-0.4, -0.2) is 26.4 Å². The van der Waals surface area contributed by atoms with Gasteiger partial charge in [0.05, 0.1) is 11.1 Å². The lowest BCUT2D eigenvalue weighted by molar-refractivity contribution is -0.113. The van der Waals surface area contributed by atoms with Crippen molar-refractivity contribution in [2.24, 2.45) is 0 Å². The molecule has 0 fully saturated rings. The van der Waals surface area contributed by atoms with Crippen LogP contribution in [0.15, 0.2) is 44.6 Å². The Kier molecular flexibility index (Phi) is 4.81. The maximum atomic E-state index is 12.5. The molecule has 3 heterocycles. The second kappa shape index (κ2) is 7.02. The lowest BCUT2D eigenvalue weighted by Gasteiger charge is -2.09.